The number of rotatable bonds is 1. The number of hydrogen-bond donors (Lipinski definition) is 2. The molecule has 0 bridgehead atoms. The van der Waals surface area contributed by atoms with Crippen molar-refractivity contribution in [3.8, 4) is 5.75 Å². The van der Waals surface area contributed by atoms with Crippen molar-refractivity contribution in [1.29, 1.82) is 0 Å². The summed E-state index contributed by atoms with van der Waals surface area (Å²) in [5, 5.41) is 19.4. The van der Waals surface area contributed by atoms with Gasteiger partial charge in [-0.3, -0.25) is 4.79 Å². The molecule has 0 radical (unpaired) electrons. The molecule has 3 nitrogen and oxygen atoms in total. The second kappa shape index (κ2) is 4.24. The summed E-state index contributed by atoms with van der Waals surface area (Å²) in [5.74, 6) is -0.170. The van der Waals surface area contributed by atoms with Gasteiger partial charge >= 0.3 is 5.97 Å². The Morgan fingerprint density at radius 3 is 2.75 bits per heavy atom. The molecule has 0 aliphatic heterocycles. The summed E-state index contributed by atoms with van der Waals surface area (Å²) in [6, 6.07) is 5.59. The highest BCUT2D eigenvalue weighted by Gasteiger charge is 2.55. The van der Waals surface area contributed by atoms with Crippen LogP contribution in [0.25, 0.3) is 0 Å². The smallest absolute Gasteiger partial charge is 0.309 e. The summed E-state index contributed by atoms with van der Waals surface area (Å²) in [4.78, 5) is 11.8. The minimum atomic E-state index is -0.657. The van der Waals surface area contributed by atoms with Gasteiger partial charge in [-0.15, -0.1) is 0 Å². The van der Waals surface area contributed by atoms with Gasteiger partial charge in [0.2, 0.25) is 0 Å². The van der Waals surface area contributed by atoms with Gasteiger partial charge < -0.3 is 10.2 Å². The van der Waals surface area contributed by atoms with Crippen LogP contribution in [0.1, 0.15) is 50.7 Å². The average molecular weight is 274 g/mol. The van der Waals surface area contributed by atoms with E-state index in [0.29, 0.717) is 5.75 Å². The lowest BCUT2D eigenvalue weighted by molar-refractivity contribution is -0.157. The fourth-order valence-electron chi connectivity index (χ4n) is 4.73. The van der Waals surface area contributed by atoms with Crippen molar-refractivity contribution in [2.75, 3.05) is 0 Å². The molecule has 2 aliphatic carbocycles. The van der Waals surface area contributed by atoms with E-state index < -0.39 is 11.4 Å². The van der Waals surface area contributed by atoms with Crippen LogP contribution in [0.3, 0.4) is 0 Å². The molecule has 20 heavy (non-hydrogen) atoms. The minimum absolute atomic E-state index is 0.0767. The zero-order valence-corrected chi connectivity index (χ0v) is 12.1. The maximum absolute atomic E-state index is 11.8. The van der Waals surface area contributed by atoms with E-state index in [1.54, 1.807) is 6.07 Å². The normalized spacial score (nSPS) is 36.0. The molecule has 1 aromatic rings. The van der Waals surface area contributed by atoms with Crippen molar-refractivity contribution in [2.24, 2.45) is 11.3 Å². The maximum atomic E-state index is 11.8. The van der Waals surface area contributed by atoms with Crippen LogP contribution in [0, 0.1) is 11.3 Å². The predicted molar refractivity (Wildman–Crippen MR) is 76.9 cm³/mol. The monoisotopic (exact) mass is 274 g/mol. The van der Waals surface area contributed by atoms with Gasteiger partial charge in [0, 0.05) is 0 Å². The van der Waals surface area contributed by atoms with Crippen LogP contribution in [0.5, 0.6) is 5.75 Å². The molecule has 0 aromatic heterocycles. The highest BCUT2D eigenvalue weighted by Crippen LogP contribution is 2.57. The summed E-state index contributed by atoms with van der Waals surface area (Å²) in [6.07, 6.45) is 4.53. The second-order valence-electron chi connectivity index (χ2n) is 6.93. The number of aliphatic carboxylic acids is 1. The van der Waals surface area contributed by atoms with Crippen LogP contribution in [-0.2, 0) is 16.6 Å². The van der Waals surface area contributed by atoms with Crippen LogP contribution in [-0.4, -0.2) is 16.2 Å². The quantitative estimate of drug-likeness (QED) is 0.824. The van der Waals surface area contributed by atoms with Crippen molar-refractivity contribution in [1.82, 2.24) is 0 Å². The number of carbonyl (C=O) groups is 1. The van der Waals surface area contributed by atoms with Gasteiger partial charge in [-0.05, 0) is 67.2 Å². The highest BCUT2D eigenvalue weighted by molar-refractivity contribution is 5.75. The van der Waals surface area contributed by atoms with Crippen LogP contribution < -0.4 is 0 Å². The summed E-state index contributed by atoms with van der Waals surface area (Å²) in [6.45, 7) is 4.13. The molecular formula is C17H22O3. The second-order valence-corrected chi connectivity index (χ2v) is 6.93. The molecular weight excluding hydrogens is 252 g/mol. The van der Waals surface area contributed by atoms with Crippen molar-refractivity contribution in [3.05, 3.63) is 29.3 Å². The van der Waals surface area contributed by atoms with Crippen LogP contribution >= 0.6 is 0 Å². The number of fused-ring (bicyclic) bond motifs is 3. The molecule has 0 saturated heterocycles. The highest BCUT2D eigenvalue weighted by atomic mass is 16.4. The molecule has 2 aliphatic rings. The molecule has 108 valence electrons. The van der Waals surface area contributed by atoms with E-state index in [0.717, 1.165) is 32.1 Å². The van der Waals surface area contributed by atoms with E-state index in [2.05, 4.69) is 6.92 Å². The molecule has 0 heterocycles. The Hall–Kier alpha value is -1.51. The van der Waals surface area contributed by atoms with Crippen LogP contribution in [0.4, 0.5) is 0 Å². The molecule has 3 rings (SSSR count). The van der Waals surface area contributed by atoms with Gasteiger partial charge in [-0.2, -0.15) is 0 Å². The molecule has 3 heteroatoms. The Morgan fingerprint density at radius 1 is 1.30 bits per heavy atom. The Labute approximate surface area is 119 Å². The first kappa shape index (κ1) is 13.5. The standard InChI is InChI=1S/C17H22O3/c1-16-8-3-9-17(2,15(19)20)14(16)7-4-11-10-12(18)5-6-13(11)16/h5-6,10,14,18H,3-4,7-9H2,1-2H3,(H,19,20)/t14-,16-,17-/m1/s1. The zero-order chi connectivity index (χ0) is 14.5. The lowest BCUT2D eigenvalue weighted by Gasteiger charge is -2.53. The number of phenolic OH excluding ortho intramolecular Hbond substituents is 1. The largest absolute Gasteiger partial charge is 0.508 e. The fourth-order valence-corrected chi connectivity index (χ4v) is 4.73. The van der Waals surface area contributed by atoms with E-state index in [9.17, 15) is 15.0 Å². The van der Waals surface area contributed by atoms with Crippen molar-refractivity contribution in [2.45, 2.75) is 51.4 Å². The summed E-state index contributed by atoms with van der Waals surface area (Å²) < 4.78 is 0. The lowest BCUT2D eigenvalue weighted by Crippen LogP contribution is -2.52. The molecule has 1 aromatic carbocycles. The molecule has 2 N–H and O–H groups in total. The van der Waals surface area contributed by atoms with E-state index in [1.165, 1.54) is 11.1 Å². The number of carboxylic acid groups (broad SMARTS) is 1. The molecule has 0 spiro atoms. The molecule has 3 atom stereocenters. The number of phenols is 1. The Kier molecular flexibility index (Phi) is 2.86. The zero-order valence-electron chi connectivity index (χ0n) is 12.1. The molecule has 0 amide bonds. The van der Waals surface area contributed by atoms with E-state index in [-0.39, 0.29) is 11.3 Å². The SMILES string of the molecule is C[C@@]1(C(=O)O)CCC[C@]2(C)c3ccc(O)cc3CC[C@@H]12. The van der Waals surface area contributed by atoms with Crippen molar-refractivity contribution >= 4 is 5.97 Å². The Bertz CT molecular complexity index is 565. The number of aromatic hydroxyl groups is 1. The first-order chi connectivity index (χ1) is 9.38. The summed E-state index contributed by atoms with van der Waals surface area (Å²) in [7, 11) is 0. The van der Waals surface area contributed by atoms with Gasteiger partial charge in [0.15, 0.2) is 0 Å². The third-order valence-corrected chi connectivity index (χ3v) is 5.83. The topological polar surface area (TPSA) is 57.5 Å². The van der Waals surface area contributed by atoms with Gasteiger partial charge in [0.1, 0.15) is 5.75 Å². The third kappa shape index (κ3) is 1.68. The van der Waals surface area contributed by atoms with Gasteiger partial charge in [-0.25, -0.2) is 0 Å². The first-order valence-electron chi connectivity index (χ1n) is 7.44. The van der Waals surface area contributed by atoms with Crippen molar-refractivity contribution in [3.63, 3.8) is 0 Å². The predicted octanol–water partition coefficient (Wildman–Crippen LogP) is 3.49. The van der Waals surface area contributed by atoms with Crippen molar-refractivity contribution < 1.29 is 15.0 Å². The molecule has 1 fully saturated rings. The lowest BCUT2D eigenvalue weighted by atomic mass is 9.50. The number of benzene rings is 1. The minimum Gasteiger partial charge on any atom is -0.508 e. The van der Waals surface area contributed by atoms with Gasteiger partial charge in [0.05, 0.1) is 5.41 Å². The van der Waals surface area contributed by atoms with Gasteiger partial charge in [-0.1, -0.05) is 19.4 Å². The summed E-state index contributed by atoms with van der Waals surface area (Å²) in [5.41, 5.74) is 1.74. The molecule has 1 saturated carbocycles. The average Bonchev–Trinajstić information content (AvgIpc) is 2.37. The Morgan fingerprint density at radius 2 is 2.05 bits per heavy atom. The van der Waals surface area contributed by atoms with E-state index in [1.807, 2.05) is 19.1 Å². The molecule has 0 unspecified atom stereocenters. The fraction of sp³-hybridized carbons (Fsp3) is 0.588. The van der Waals surface area contributed by atoms with E-state index >= 15 is 0 Å². The number of hydrogen-bond acceptors (Lipinski definition) is 2. The number of aryl methyl sites for hydroxylation is 1. The van der Waals surface area contributed by atoms with Crippen LogP contribution in [0.15, 0.2) is 18.2 Å². The third-order valence-electron chi connectivity index (χ3n) is 5.83. The summed E-state index contributed by atoms with van der Waals surface area (Å²) >= 11 is 0. The Balaban J connectivity index is 2.12. The maximum Gasteiger partial charge on any atom is 0.309 e. The van der Waals surface area contributed by atoms with Crippen LogP contribution in [0.2, 0.25) is 0 Å². The first-order valence-corrected chi connectivity index (χ1v) is 7.44. The van der Waals surface area contributed by atoms with Gasteiger partial charge in [0.25, 0.3) is 0 Å². The number of carboxylic acids is 1. The van der Waals surface area contributed by atoms with E-state index in [4.69, 9.17) is 0 Å².